The quantitative estimate of drug-likeness (QED) is 0.421. The summed E-state index contributed by atoms with van der Waals surface area (Å²) in [5, 5.41) is 12.4. The lowest BCUT2D eigenvalue weighted by atomic mass is 10.0. The molecule has 7 nitrogen and oxygen atoms in total. The number of halogens is 2. The second kappa shape index (κ2) is 7.10. The van der Waals surface area contributed by atoms with E-state index < -0.39 is 18.0 Å². The summed E-state index contributed by atoms with van der Waals surface area (Å²) in [7, 11) is 0. The molecular formula is C19H15F2N5O2. The number of carbonyl (C=O) groups is 1. The fourth-order valence-corrected chi connectivity index (χ4v) is 3.11. The summed E-state index contributed by atoms with van der Waals surface area (Å²) in [6, 6.07) is 6.15. The molecule has 0 aliphatic rings. The molecule has 0 saturated carbocycles. The normalized spacial score (nSPS) is 12.2. The Labute approximate surface area is 157 Å². The first-order valence-electron chi connectivity index (χ1n) is 8.41. The van der Waals surface area contributed by atoms with E-state index in [2.05, 4.69) is 25.3 Å². The highest BCUT2D eigenvalue weighted by Crippen LogP contribution is 2.25. The summed E-state index contributed by atoms with van der Waals surface area (Å²) in [4.78, 5) is 25.6. The van der Waals surface area contributed by atoms with Gasteiger partial charge in [0.15, 0.2) is 0 Å². The number of aromatic amines is 2. The lowest BCUT2D eigenvalue weighted by Gasteiger charge is -2.14. The second-order valence-electron chi connectivity index (χ2n) is 6.25. The smallest absolute Gasteiger partial charge is 0.405 e. The van der Waals surface area contributed by atoms with Gasteiger partial charge in [0.25, 0.3) is 0 Å². The Hall–Kier alpha value is -3.75. The first kappa shape index (κ1) is 17.7. The Morgan fingerprint density at radius 3 is 2.79 bits per heavy atom. The highest BCUT2D eigenvalue weighted by Gasteiger charge is 2.20. The number of imidazole rings is 1. The number of carboxylic acid groups (broad SMARTS) is 1. The van der Waals surface area contributed by atoms with Crippen LogP contribution in [0.3, 0.4) is 0 Å². The maximum Gasteiger partial charge on any atom is 0.405 e. The predicted octanol–water partition coefficient (Wildman–Crippen LogP) is 3.78. The zero-order chi connectivity index (χ0) is 19.7. The van der Waals surface area contributed by atoms with Gasteiger partial charge < -0.3 is 20.4 Å². The van der Waals surface area contributed by atoms with Crippen LogP contribution in [-0.2, 0) is 6.42 Å². The topological polar surface area (TPSA) is 107 Å². The summed E-state index contributed by atoms with van der Waals surface area (Å²) in [5.41, 5.74) is 2.24. The highest BCUT2D eigenvalue weighted by atomic mass is 19.1. The first-order valence-corrected chi connectivity index (χ1v) is 8.41. The van der Waals surface area contributed by atoms with Crippen molar-refractivity contribution in [3.63, 3.8) is 0 Å². The van der Waals surface area contributed by atoms with Crippen LogP contribution >= 0.6 is 0 Å². The van der Waals surface area contributed by atoms with Crippen LogP contribution in [0.4, 0.5) is 13.6 Å². The molecule has 4 aromatic rings. The van der Waals surface area contributed by atoms with Crippen molar-refractivity contribution >= 4 is 17.0 Å². The number of rotatable bonds is 5. The molecule has 142 valence electrons. The zero-order valence-corrected chi connectivity index (χ0v) is 14.4. The molecule has 0 bridgehead atoms. The van der Waals surface area contributed by atoms with E-state index in [1.807, 2.05) is 0 Å². The minimum absolute atomic E-state index is 0.279. The number of nitrogens with one attached hydrogen (secondary N) is 3. The zero-order valence-electron chi connectivity index (χ0n) is 14.4. The highest BCUT2D eigenvalue weighted by molar-refractivity contribution is 5.83. The van der Waals surface area contributed by atoms with Crippen molar-refractivity contribution in [2.24, 2.45) is 0 Å². The fraction of sp³-hybridized carbons (Fsp3) is 0.105. The molecule has 1 aromatic carbocycles. The van der Waals surface area contributed by atoms with Gasteiger partial charge in [0, 0.05) is 35.8 Å². The Morgan fingerprint density at radius 1 is 1.18 bits per heavy atom. The molecule has 1 unspecified atom stereocenters. The van der Waals surface area contributed by atoms with Crippen molar-refractivity contribution in [1.29, 1.82) is 0 Å². The number of hydrogen-bond donors (Lipinski definition) is 4. The minimum Gasteiger partial charge on any atom is -0.465 e. The number of amides is 1. The first-order chi connectivity index (χ1) is 13.5. The number of hydrogen-bond acceptors (Lipinski definition) is 3. The molecule has 0 fully saturated rings. The third kappa shape index (κ3) is 3.54. The van der Waals surface area contributed by atoms with Gasteiger partial charge in [0.05, 0.1) is 23.6 Å². The SMILES string of the molecule is O=C(O)NC(Cc1c[nH]c2cc(F)ccc12)c1ncc(-c2cc(F)ccn2)[nH]1. The van der Waals surface area contributed by atoms with Gasteiger partial charge in [-0.2, -0.15) is 0 Å². The number of nitrogens with zero attached hydrogens (tertiary/aromatic N) is 2. The number of fused-ring (bicyclic) bond motifs is 1. The molecule has 0 spiro atoms. The van der Waals surface area contributed by atoms with E-state index >= 15 is 0 Å². The molecule has 0 aliphatic heterocycles. The molecule has 0 saturated heterocycles. The van der Waals surface area contributed by atoms with Gasteiger partial charge in [-0.05, 0) is 29.8 Å². The van der Waals surface area contributed by atoms with Crippen LogP contribution in [0.2, 0.25) is 0 Å². The molecule has 0 radical (unpaired) electrons. The number of benzene rings is 1. The molecule has 3 aromatic heterocycles. The number of pyridine rings is 1. The summed E-state index contributed by atoms with van der Waals surface area (Å²) in [6.07, 6.45) is 3.58. The van der Waals surface area contributed by atoms with Crippen LogP contribution in [0.5, 0.6) is 0 Å². The van der Waals surface area contributed by atoms with Gasteiger partial charge in [-0.3, -0.25) is 4.98 Å². The molecule has 3 heterocycles. The minimum atomic E-state index is -1.21. The van der Waals surface area contributed by atoms with E-state index in [-0.39, 0.29) is 12.2 Å². The van der Waals surface area contributed by atoms with Crippen LogP contribution < -0.4 is 5.32 Å². The molecule has 4 N–H and O–H groups in total. The van der Waals surface area contributed by atoms with Crippen molar-refractivity contribution in [3.8, 4) is 11.4 Å². The average Bonchev–Trinajstić information content (AvgIpc) is 3.28. The third-order valence-corrected chi connectivity index (χ3v) is 4.37. The van der Waals surface area contributed by atoms with Gasteiger partial charge in [0.2, 0.25) is 0 Å². The Balaban J connectivity index is 1.65. The van der Waals surface area contributed by atoms with Crippen LogP contribution in [0.1, 0.15) is 17.4 Å². The fourth-order valence-electron chi connectivity index (χ4n) is 3.11. The van der Waals surface area contributed by atoms with Crippen molar-refractivity contribution in [2.75, 3.05) is 0 Å². The molecule has 9 heteroatoms. The van der Waals surface area contributed by atoms with Crippen LogP contribution in [0.25, 0.3) is 22.3 Å². The van der Waals surface area contributed by atoms with Crippen molar-refractivity contribution in [3.05, 3.63) is 71.9 Å². The summed E-state index contributed by atoms with van der Waals surface area (Å²) < 4.78 is 26.8. The molecule has 1 atom stereocenters. The monoisotopic (exact) mass is 383 g/mol. The van der Waals surface area contributed by atoms with E-state index in [0.717, 1.165) is 10.9 Å². The van der Waals surface area contributed by atoms with E-state index in [9.17, 15) is 18.7 Å². The summed E-state index contributed by atoms with van der Waals surface area (Å²) in [6.45, 7) is 0. The Bertz CT molecular complexity index is 1150. The molecule has 1 amide bonds. The summed E-state index contributed by atoms with van der Waals surface area (Å²) >= 11 is 0. The largest absolute Gasteiger partial charge is 0.465 e. The van der Waals surface area contributed by atoms with Gasteiger partial charge in [0.1, 0.15) is 17.5 Å². The molecule has 4 rings (SSSR count). The lowest BCUT2D eigenvalue weighted by Crippen LogP contribution is -2.29. The second-order valence-corrected chi connectivity index (χ2v) is 6.25. The van der Waals surface area contributed by atoms with Crippen LogP contribution in [-0.4, -0.2) is 31.1 Å². The van der Waals surface area contributed by atoms with Crippen LogP contribution in [0.15, 0.2) is 48.9 Å². The van der Waals surface area contributed by atoms with E-state index in [0.29, 0.717) is 22.7 Å². The maximum atomic E-state index is 13.4. The van der Waals surface area contributed by atoms with Gasteiger partial charge in [-0.25, -0.2) is 18.6 Å². The van der Waals surface area contributed by atoms with Gasteiger partial charge >= 0.3 is 6.09 Å². The van der Waals surface area contributed by atoms with Crippen molar-refractivity contribution in [1.82, 2.24) is 25.3 Å². The van der Waals surface area contributed by atoms with E-state index in [1.54, 1.807) is 12.3 Å². The Kier molecular flexibility index (Phi) is 4.48. The van der Waals surface area contributed by atoms with Crippen molar-refractivity contribution < 1.29 is 18.7 Å². The molecule has 28 heavy (non-hydrogen) atoms. The number of H-pyrrole nitrogens is 2. The molecular weight excluding hydrogens is 368 g/mol. The van der Waals surface area contributed by atoms with Gasteiger partial charge in [-0.15, -0.1) is 0 Å². The van der Waals surface area contributed by atoms with E-state index in [1.165, 1.54) is 36.7 Å². The summed E-state index contributed by atoms with van der Waals surface area (Å²) in [5.74, 6) is -0.438. The molecule has 0 aliphatic carbocycles. The Morgan fingerprint density at radius 2 is 2.00 bits per heavy atom. The number of aromatic nitrogens is 4. The van der Waals surface area contributed by atoms with E-state index in [4.69, 9.17) is 0 Å². The third-order valence-electron chi connectivity index (χ3n) is 4.37. The predicted molar refractivity (Wildman–Crippen MR) is 97.6 cm³/mol. The standard InChI is InChI=1S/C19H15F2N5O2/c20-11-1-2-13-10(8-23-14(13)6-11)5-16(26-19(27)28)18-24-9-17(25-18)15-7-12(21)3-4-22-15/h1-4,6-9,16,23,26H,5H2,(H,24,25)(H,27,28). The lowest BCUT2D eigenvalue weighted by molar-refractivity contribution is 0.189. The van der Waals surface area contributed by atoms with Crippen molar-refractivity contribution in [2.45, 2.75) is 12.5 Å². The van der Waals surface area contributed by atoms with Crippen LogP contribution in [0, 0.1) is 11.6 Å². The maximum absolute atomic E-state index is 13.4. The van der Waals surface area contributed by atoms with Gasteiger partial charge in [-0.1, -0.05) is 0 Å². The average molecular weight is 383 g/mol.